The van der Waals surface area contributed by atoms with Gasteiger partial charge in [-0.05, 0) is 45.0 Å². The SMILES string of the molecule is C=C(C)CSc1nnc(CN2CCCC2)n1-c1ccccc1. The van der Waals surface area contributed by atoms with Crippen LogP contribution in [0, 0.1) is 0 Å². The van der Waals surface area contributed by atoms with E-state index in [1.807, 2.05) is 13.0 Å². The molecule has 0 amide bonds. The fraction of sp³-hybridized carbons (Fsp3) is 0.412. The number of benzene rings is 1. The van der Waals surface area contributed by atoms with Crippen molar-refractivity contribution >= 4 is 11.8 Å². The first-order valence-electron chi connectivity index (χ1n) is 7.73. The summed E-state index contributed by atoms with van der Waals surface area (Å²) in [5, 5.41) is 9.82. The second-order valence-corrected chi connectivity index (χ2v) is 6.74. The molecule has 0 saturated carbocycles. The first-order chi connectivity index (χ1) is 10.7. The van der Waals surface area contributed by atoms with Crippen molar-refractivity contribution in [2.45, 2.75) is 31.5 Å². The van der Waals surface area contributed by atoms with Gasteiger partial charge in [0.05, 0.1) is 6.54 Å². The molecular weight excluding hydrogens is 292 g/mol. The monoisotopic (exact) mass is 314 g/mol. The molecule has 4 nitrogen and oxygen atoms in total. The van der Waals surface area contributed by atoms with Crippen molar-refractivity contribution in [2.75, 3.05) is 18.8 Å². The Morgan fingerprint density at radius 3 is 2.59 bits per heavy atom. The third kappa shape index (κ3) is 3.59. The number of thioether (sulfide) groups is 1. The predicted octanol–water partition coefficient (Wildman–Crippen LogP) is 3.53. The van der Waals surface area contributed by atoms with Gasteiger partial charge in [-0.15, -0.1) is 10.2 Å². The molecule has 116 valence electrons. The van der Waals surface area contributed by atoms with Crippen molar-refractivity contribution in [3.8, 4) is 5.69 Å². The summed E-state index contributed by atoms with van der Waals surface area (Å²) in [6, 6.07) is 10.4. The zero-order valence-electron chi connectivity index (χ0n) is 13.0. The van der Waals surface area contributed by atoms with Crippen LogP contribution < -0.4 is 0 Å². The molecule has 1 saturated heterocycles. The van der Waals surface area contributed by atoms with Crippen LogP contribution in [0.25, 0.3) is 5.69 Å². The first kappa shape index (κ1) is 15.3. The van der Waals surface area contributed by atoms with Crippen molar-refractivity contribution in [1.82, 2.24) is 19.7 Å². The van der Waals surface area contributed by atoms with E-state index < -0.39 is 0 Å². The van der Waals surface area contributed by atoms with E-state index in [4.69, 9.17) is 0 Å². The Balaban J connectivity index is 1.89. The van der Waals surface area contributed by atoms with E-state index in [1.165, 1.54) is 12.8 Å². The van der Waals surface area contributed by atoms with Gasteiger partial charge in [-0.25, -0.2) is 0 Å². The standard InChI is InChI=1S/C17H22N4S/c1-14(2)13-22-17-19-18-16(12-20-10-6-7-11-20)21(17)15-8-4-3-5-9-15/h3-5,8-9H,1,6-7,10-13H2,2H3. The summed E-state index contributed by atoms with van der Waals surface area (Å²) in [4.78, 5) is 2.46. The summed E-state index contributed by atoms with van der Waals surface area (Å²) in [5.41, 5.74) is 2.28. The van der Waals surface area contributed by atoms with E-state index in [9.17, 15) is 0 Å². The molecule has 2 heterocycles. The Morgan fingerprint density at radius 1 is 1.18 bits per heavy atom. The highest BCUT2D eigenvalue weighted by atomic mass is 32.2. The minimum atomic E-state index is 0.870. The van der Waals surface area contributed by atoms with Crippen molar-refractivity contribution in [2.24, 2.45) is 0 Å². The average Bonchev–Trinajstić information content (AvgIpc) is 3.16. The Bertz CT molecular complexity index is 629. The van der Waals surface area contributed by atoms with Crippen LogP contribution in [0.3, 0.4) is 0 Å². The summed E-state index contributed by atoms with van der Waals surface area (Å²) in [6.45, 7) is 9.21. The van der Waals surface area contributed by atoms with Crippen LogP contribution in [0.5, 0.6) is 0 Å². The smallest absolute Gasteiger partial charge is 0.196 e. The van der Waals surface area contributed by atoms with Gasteiger partial charge in [0.1, 0.15) is 0 Å². The summed E-state index contributed by atoms with van der Waals surface area (Å²) >= 11 is 1.70. The van der Waals surface area contributed by atoms with Crippen LogP contribution >= 0.6 is 11.8 Å². The molecule has 1 aromatic carbocycles. The summed E-state index contributed by atoms with van der Waals surface area (Å²) in [6.07, 6.45) is 2.58. The Morgan fingerprint density at radius 2 is 1.91 bits per heavy atom. The second kappa shape index (κ2) is 7.11. The molecule has 3 rings (SSSR count). The molecule has 0 N–H and O–H groups in total. The lowest BCUT2D eigenvalue weighted by Gasteiger charge is -2.15. The number of hydrogen-bond acceptors (Lipinski definition) is 4. The van der Waals surface area contributed by atoms with Gasteiger partial charge in [0.15, 0.2) is 11.0 Å². The second-order valence-electron chi connectivity index (χ2n) is 5.80. The van der Waals surface area contributed by atoms with Crippen LogP contribution in [0.2, 0.25) is 0 Å². The van der Waals surface area contributed by atoms with Gasteiger partial charge in [0.25, 0.3) is 0 Å². The summed E-state index contributed by atoms with van der Waals surface area (Å²) in [5.74, 6) is 1.90. The van der Waals surface area contributed by atoms with Gasteiger partial charge in [-0.2, -0.15) is 0 Å². The fourth-order valence-electron chi connectivity index (χ4n) is 2.66. The molecule has 5 heteroatoms. The van der Waals surface area contributed by atoms with Crippen LogP contribution in [0.1, 0.15) is 25.6 Å². The highest BCUT2D eigenvalue weighted by Crippen LogP contribution is 2.24. The van der Waals surface area contributed by atoms with Crippen LogP contribution in [0.4, 0.5) is 0 Å². The van der Waals surface area contributed by atoms with Gasteiger partial charge >= 0.3 is 0 Å². The molecule has 1 aromatic heterocycles. The number of aromatic nitrogens is 3. The van der Waals surface area contributed by atoms with Gasteiger partial charge < -0.3 is 0 Å². The minimum Gasteiger partial charge on any atom is -0.296 e. The number of rotatable bonds is 6. The Labute approximate surface area is 136 Å². The molecule has 0 bridgehead atoms. The molecule has 1 fully saturated rings. The van der Waals surface area contributed by atoms with E-state index in [0.717, 1.165) is 47.6 Å². The normalized spacial score (nSPS) is 15.3. The lowest BCUT2D eigenvalue weighted by Crippen LogP contribution is -2.21. The van der Waals surface area contributed by atoms with Crippen molar-refractivity contribution in [3.05, 3.63) is 48.3 Å². The third-order valence-electron chi connectivity index (χ3n) is 3.73. The van der Waals surface area contributed by atoms with Crippen molar-refractivity contribution in [3.63, 3.8) is 0 Å². The highest BCUT2D eigenvalue weighted by molar-refractivity contribution is 7.99. The van der Waals surface area contributed by atoms with E-state index in [0.29, 0.717) is 0 Å². The summed E-state index contributed by atoms with van der Waals surface area (Å²) < 4.78 is 2.19. The van der Waals surface area contributed by atoms with Gasteiger partial charge in [-0.1, -0.05) is 42.1 Å². The Hall–Kier alpha value is -1.59. The fourth-order valence-corrected chi connectivity index (χ4v) is 3.48. The molecule has 0 aliphatic carbocycles. The van der Waals surface area contributed by atoms with E-state index >= 15 is 0 Å². The topological polar surface area (TPSA) is 34.0 Å². The predicted molar refractivity (Wildman–Crippen MR) is 91.4 cm³/mol. The first-order valence-corrected chi connectivity index (χ1v) is 8.72. The number of para-hydroxylation sites is 1. The van der Waals surface area contributed by atoms with Crippen molar-refractivity contribution < 1.29 is 0 Å². The van der Waals surface area contributed by atoms with E-state index in [2.05, 4.69) is 50.5 Å². The maximum absolute atomic E-state index is 4.45. The highest BCUT2D eigenvalue weighted by Gasteiger charge is 2.19. The molecule has 0 unspecified atom stereocenters. The van der Waals surface area contributed by atoms with E-state index in [-0.39, 0.29) is 0 Å². The minimum absolute atomic E-state index is 0.870. The number of nitrogens with zero attached hydrogens (tertiary/aromatic N) is 4. The molecule has 1 aliphatic heterocycles. The maximum Gasteiger partial charge on any atom is 0.196 e. The van der Waals surface area contributed by atoms with Gasteiger partial charge in [0.2, 0.25) is 0 Å². The quantitative estimate of drug-likeness (QED) is 0.603. The average molecular weight is 314 g/mol. The zero-order valence-corrected chi connectivity index (χ0v) is 13.9. The third-order valence-corrected chi connectivity index (χ3v) is 4.89. The molecule has 0 spiro atoms. The Kier molecular flexibility index (Phi) is 4.95. The van der Waals surface area contributed by atoms with Gasteiger partial charge in [-0.3, -0.25) is 9.47 Å². The lowest BCUT2D eigenvalue weighted by molar-refractivity contribution is 0.319. The van der Waals surface area contributed by atoms with Crippen LogP contribution in [-0.4, -0.2) is 38.5 Å². The van der Waals surface area contributed by atoms with Crippen molar-refractivity contribution in [1.29, 1.82) is 0 Å². The van der Waals surface area contributed by atoms with Crippen LogP contribution in [0.15, 0.2) is 47.6 Å². The van der Waals surface area contributed by atoms with Crippen LogP contribution in [-0.2, 0) is 6.54 Å². The molecule has 2 aromatic rings. The van der Waals surface area contributed by atoms with E-state index in [1.54, 1.807) is 11.8 Å². The van der Waals surface area contributed by atoms with Gasteiger partial charge in [0, 0.05) is 11.4 Å². The largest absolute Gasteiger partial charge is 0.296 e. The number of hydrogen-bond donors (Lipinski definition) is 0. The molecule has 22 heavy (non-hydrogen) atoms. The molecule has 0 radical (unpaired) electrons. The molecule has 0 atom stereocenters. The summed E-state index contributed by atoms with van der Waals surface area (Å²) in [7, 11) is 0. The zero-order chi connectivity index (χ0) is 15.4. The maximum atomic E-state index is 4.45. The lowest BCUT2D eigenvalue weighted by atomic mass is 10.3. The number of likely N-dealkylation sites (tertiary alicyclic amines) is 1. The molecular formula is C17H22N4S. The molecule has 1 aliphatic rings.